The van der Waals surface area contributed by atoms with Gasteiger partial charge < -0.3 is 15.5 Å². The molecule has 5 heteroatoms. The summed E-state index contributed by atoms with van der Waals surface area (Å²) >= 11 is 1.50. The van der Waals surface area contributed by atoms with Crippen molar-refractivity contribution in [1.82, 2.24) is 5.32 Å². The number of rotatable bonds is 5. The Kier molecular flexibility index (Phi) is 4.92. The Morgan fingerprint density at radius 3 is 2.70 bits per heavy atom. The number of aliphatic hydroxyl groups is 1. The van der Waals surface area contributed by atoms with Gasteiger partial charge in [-0.15, -0.1) is 0 Å². The maximum atomic E-state index is 11.6. The van der Waals surface area contributed by atoms with Gasteiger partial charge in [0.15, 0.2) is 0 Å². The van der Waals surface area contributed by atoms with Gasteiger partial charge in [0, 0.05) is 12.6 Å². The van der Waals surface area contributed by atoms with Crippen LogP contribution in [-0.2, 0) is 4.79 Å². The molecule has 1 unspecified atom stereocenters. The summed E-state index contributed by atoms with van der Waals surface area (Å²) in [5.41, 5.74) is 1.62. The van der Waals surface area contributed by atoms with E-state index in [1.807, 2.05) is 16.8 Å². The molecular weight excluding hydrogens is 274 g/mol. The Bertz CT molecular complexity index is 576. The van der Waals surface area contributed by atoms with Gasteiger partial charge in [-0.2, -0.15) is 11.3 Å². The standard InChI is InChI=1S/C15H15NO3S/c17-13-4-1-11(2-5-13)3-6-15(19)16-9-14(18)12-7-8-20-10-12/h1-8,10,14,17-18H,9H2,(H,16,19)/b6-3+. The van der Waals surface area contributed by atoms with Crippen LogP contribution in [0.5, 0.6) is 5.75 Å². The third-order valence-corrected chi connectivity index (χ3v) is 3.42. The fraction of sp³-hybridized carbons (Fsp3) is 0.133. The van der Waals surface area contributed by atoms with Crippen LogP contribution in [0, 0.1) is 0 Å². The molecule has 1 amide bonds. The summed E-state index contributed by atoms with van der Waals surface area (Å²) in [6.07, 6.45) is 2.35. The monoisotopic (exact) mass is 289 g/mol. The summed E-state index contributed by atoms with van der Waals surface area (Å²) in [4.78, 5) is 11.6. The Labute approximate surface area is 121 Å². The predicted octanol–water partition coefficient (Wildman–Crippen LogP) is 2.32. The summed E-state index contributed by atoms with van der Waals surface area (Å²) in [5, 5.41) is 25.3. The normalized spacial score (nSPS) is 12.4. The van der Waals surface area contributed by atoms with Crippen molar-refractivity contribution in [2.75, 3.05) is 6.54 Å². The van der Waals surface area contributed by atoms with Crippen molar-refractivity contribution in [3.8, 4) is 5.75 Å². The van der Waals surface area contributed by atoms with Crippen LogP contribution in [0.25, 0.3) is 6.08 Å². The summed E-state index contributed by atoms with van der Waals surface area (Å²) in [7, 11) is 0. The second kappa shape index (κ2) is 6.88. The van der Waals surface area contributed by atoms with Crippen LogP contribution in [0.15, 0.2) is 47.2 Å². The molecule has 1 aromatic carbocycles. The van der Waals surface area contributed by atoms with Crippen LogP contribution in [0.2, 0.25) is 0 Å². The Balaban J connectivity index is 1.82. The number of nitrogens with one attached hydrogen (secondary N) is 1. The lowest BCUT2D eigenvalue weighted by atomic mass is 10.2. The Morgan fingerprint density at radius 1 is 1.30 bits per heavy atom. The highest BCUT2D eigenvalue weighted by molar-refractivity contribution is 7.07. The van der Waals surface area contributed by atoms with E-state index in [1.54, 1.807) is 30.3 Å². The zero-order valence-electron chi connectivity index (χ0n) is 10.7. The third kappa shape index (κ3) is 4.22. The summed E-state index contributed by atoms with van der Waals surface area (Å²) in [5.74, 6) is -0.0853. The van der Waals surface area contributed by atoms with Gasteiger partial charge in [-0.3, -0.25) is 4.79 Å². The van der Waals surface area contributed by atoms with E-state index >= 15 is 0 Å². The molecule has 0 aliphatic rings. The van der Waals surface area contributed by atoms with E-state index in [0.717, 1.165) is 11.1 Å². The minimum atomic E-state index is -0.688. The minimum Gasteiger partial charge on any atom is -0.508 e. The van der Waals surface area contributed by atoms with Gasteiger partial charge in [0.05, 0.1) is 6.10 Å². The topological polar surface area (TPSA) is 69.6 Å². The molecule has 3 N–H and O–H groups in total. The molecule has 4 nitrogen and oxygen atoms in total. The van der Waals surface area contributed by atoms with Gasteiger partial charge >= 0.3 is 0 Å². The maximum Gasteiger partial charge on any atom is 0.244 e. The molecule has 0 saturated heterocycles. The number of carbonyl (C=O) groups excluding carboxylic acids is 1. The number of benzene rings is 1. The van der Waals surface area contributed by atoms with Crippen LogP contribution in [0.1, 0.15) is 17.2 Å². The van der Waals surface area contributed by atoms with Gasteiger partial charge in [-0.25, -0.2) is 0 Å². The lowest BCUT2D eigenvalue weighted by Gasteiger charge is -2.08. The van der Waals surface area contributed by atoms with Crippen molar-refractivity contribution in [3.05, 3.63) is 58.3 Å². The highest BCUT2D eigenvalue weighted by Gasteiger charge is 2.08. The van der Waals surface area contributed by atoms with Gasteiger partial charge in [-0.1, -0.05) is 12.1 Å². The van der Waals surface area contributed by atoms with Crippen LogP contribution < -0.4 is 5.32 Å². The van der Waals surface area contributed by atoms with E-state index in [2.05, 4.69) is 5.32 Å². The zero-order valence-corrected chi connectivity index (χ0v) is 11.5. The molecule has 1 atom stereocenters. The average molecular weight is 289 g/mol. The van der Waals surface area contributed by atoms with Crippen molar-refractivity contribution in [2.45, 2.75) is 6.10 Å². The molecule has 104 valence electrons. The van der Waals surface area contributed by atoms with Gasteiger partial charge in [0.2, 0.25) is 5.91 Å². The molecular formula is C15H15NO3S. The van der Waals surface area contributed by atoms with Crippen LogP contribution >= 0.6 is 11.3 Å². The Hall–Kier alpha value is -2.11. The summed E-state index contributed by atoms with van der Waals surface area (Å²) in [6, 6.07) is 8.35. The molecule has 0 aliphatic carbocycles. The van der Waals surface area contributed by atoms with Crippen molar-refractivity contribution in [3.63, 3.8) is 0 Å². The first kappa shape index (κ1) is 14.3. The molecule has 2 aromatic rings. The van der Waals surface area contributed by atoms with Crippen LogP contribution in [0.3, 0.4) is 0 Å². The average Bonchev–Trinajstić information content (AvgIpc) is 2.98. The number of carbonyl (C=O) groups is 1. The summed E-state index contributed by atoms with van der Waals surface area (Å²) in [6.45, 7) is 0.176. The van der Waals surface area contributed by atoms with Gasteiger partial charge in [-0.05, 0) is 46.2 Å². The number of phenols is 1. The molecule has 0 aliphatic heterocycles. The molecule has 0 fully saturated rings. The molecule has 0 spiro atoms. The molecule has 1 heterocycles. The van der Waals surface area contributed by atoms with E-state index in [9.17, 15) is 9.90 Å². The van der Waals surface area contributed by atoms with Gasteiger partial charge in [0.1, 0.15) is 5.75 Å². The van der Waals surface area contributed by atoms with Crippen LogP contribution in [-0.4, -0.2) is 22.7 Å². The molecule has 0 saturated carbocycles. The molecule has 1 aromatic heterocycles. The van der Waals surface area contributed by atoms with E-state index in [4.69, 9.17) is 5.11 Å². The number of thiophene rings is 1. The number of aliphatic hydroxyl groups excluding tert-OH is 1. The highest BCUT2D eigenvalue weighted by Crippen LogP contribution is 2.15. The largest absolute Gasteiger partial charge is 0.508 e. The summed E-state index contributed by atoms with van der Waals surface area (Å²) < 4.78 is 0. The number of hydrogen-bond acceptors (Lipinski definition) is 4. The number of amides is 1. The smallest absolute Gasteiger partial charge is 0.244 e. The quantitative estimate of drug-likeness (QED) is 0.740. The number of hydrogen-bond donors (Lipinski definition) is 3. The molecule has 20 heavy (non-hydrogen) atoms. The second-order valence-electron chi connectivity index (χ2n) is 4.24. The first-order chi connectivity index (χ1) is 9.65. The lowest BCUT2D eigenvalue weighted by Crippen LogP contribution is -2.26. The van der Waals surface area contributed by atoms with E-state index in [1.165, 1.54) is 17.4 Å². The highest BCUT2D eigenvalue weighted by atomic mass is 32.1. The molecule has 0 bridgehead atoms. The fourth-order valence-electron chi connectivity index (χ4n) is 1.60. The molecule has 2 rings (SSSR count). The Morgan fingerprint density at radius 2 is 2.05 bits per heavy atom. The zero-order chi connectivity index (χ0) is 14.4. The molecule has 0 radical (unpaired) electrons. The van der Waals surface area contributed by atoms with Crippen molar-refractivity contribution in [1.29, 1.82) is 0 Å². The van der Waals surface area contributed by atoms with E-state index in [-0.39, 0.29) is 18.2 Å². The third-order valence-electron chi connectivity index (χ3n) is 2.72. The van der Waals surface area contributed by atoms with E-state index < -0.39 is 6.10 Å². The SMILES string of the molecule is O=C(/C=C/c1ccc(O)cc1)NCC(O)c1ccsc1. The first-order valence-electron chi connectivity index (χ1n) is 6.10. The van der Waals surface area contributed by atoms with E-state index in [0.29, 0.717) is 0 Å². The van der Waals surface area contributed by atoms with Crippen LogP contribution in [0.4, 0.5) is 0 Å². The van der Waals surface area contributed by atoms with Crippen molar-refractivity contribution in [2.24, 2.45) is 0 Å². The number of phenolic OH excluding ortho intramolecular Hbond substituents is 1. The predicted molar refractivity (Wildman–Crippen MR) is 79.4 cm³/mol. The maximum absolute atomic E-state index is 11.6. The van der Waals surface area contributed by atoms with Gasteiger partial charge in [0.25, 0.3) is 0 Å². The number of aromatic hydroxyl groups is 1. The minimum absolute atomic E-state index is 0.176. The van der Waals surface area contributed by atoms with Crippen molar-refractivity contribution >= 4 is 23.3 Å². The van der Waals surface area contributed by atoms with Crippen molar-refractivity contribution < 1.29 is 15.0 Å². The fourth-order valence-corrected chi connectivity index (χ4v) is 2.30. The first-order valence-corrected chi connectivity index (χ1v) is 7.04. The lowest BCUT2D eigenvalue weighted by molar-refractivity contribution is -0.116. The second-order valence-corrected chi connectivity index (χ2v) is 5.02.